The Bertz CT molecular complexity index is 396. The molecule has 0 saturated carbocycles. The standard InChI is InChI=1S/C12H15F2NO2/c13-10-4-3-8(7-11(10)14)6-9(12(16)17)2-1-5-15/h3-4,7,9H,1-2,5-6,15H2,(H,16,17). The van der Waals surface area contributed by atoms with Crippen molar-refractivity contribution in [3.05, 3.63) is 35.4 Å². The van der Waals surface area contributed by atoms with Crippen LogP contribution in [0.3, 0.4) is 0 Å². The van der Waals surface area contributed by atoms with Crippen molar-refractivity contribution in [3.63, 3.8) is 0 Å². The molecule has 1 atom stereocenters. The average Bonchev–Trinajstić information content (AvgIpc) is 2.28. The number of hydrogen-bond acceptors (Lipinski definition) is 2. The molecule has 3 N–H and O–H groups in total. The van der Waals surface area contributed by atoms with E-state index in [9.17, 15) is 13.6 Å². The van der Waals surface area contributed by atoms with Crippen molar-refractivity contribution in [2.75, 3.05) is 6.54 Å². The molecule has 0 fully saturated rings. The Labute approximate surface area is 98.2 Å². The summed E-state index contributed by atoms with van der Waals surface area (Å²) in [4.78, 5) is 11.0. The summed E-state index contributed by atoms with van der Waals surface area (Å²) in [7, 11) is 0. The lowest BCUT2D eigenvalue weighted by molar-refractivity contribution is -0.141. The summed E-state index contributed by atoms with van der Waals surface area (Å²) in [5.41, 5.74) is 5.79. The van der Waals surface area contributed by atoms with Gasteiger partial charge in [0, 0.05) is 0 Å². The smallest absolute Gasteiger partial charge is 0.306 e. The predicted octanol–water partition coefficient (Wildman–Crippen LogP) is 1.95. The van der Waals surface area contributed by atoms with Gasteiger partial charge in [-0.2, -0.15) is 0 Å². The molecule has 1 unspecified atom stereocenters. The highest BCUT2D eigenvalue weighted by atomic mass is 19.2. The van der Waals surface area contributed by atoms with E-state index in [-0.39, 0.29) is 6.42 Å². The lowest BCUT2D eigenvalue weighted by atomic mass is 9.95. The molecular weight excluding hydrogens is 228 g/mol. The maximum absolute atomic E-state index is 12.9. The fraction of sp³-hybridized carbons (Fsp3) is 0.417. The van der Waals surface area contributed by atoms with Crippen molar-refractivity contribution in [2.24, 2.45) is 11.7 Å². The predicted molar refractivity (Wildman–Crippen MR) is 59.5 cm³/mol. The fourth-order valence-electron chi connectivity index (χ4n) is 1.63. The molecule has 0 saturated heterocycles. The van der Waals surface area contributed by atoms with Gasteiger partial charge in [-0.25, -0.2) is 8.78 Å². The molecule has 1 aromatic rings. The summed E-state index contributed by atoms with van der Waals surface area (Å²) in [6, 6.07) is 3.44. The van der Waals surface area contributed by atoms with Crippen LogP contribution >= 0.6 is 0 Å². The van der Waals surface area contributed by atoms with E-state index < -0.39 is 23.5 Å². The number of carboxylic acid groups (broad SMARTS) is 1. The second-order valence-corrected chi connectivity index (χ2v) is 3.92. The monoisotopic (exact) mass is 243 g/mol. The Balaban J connectivity index is 2.71. The fourth-order valence-corrected chi connectivity index (χ4v) is 1.63. The van der Waals surface area contributed by atoms with Crippen molar-refractivity contribution >= 4 is 5.97 Å². The number of carbonyl (C=O) groups is 1. The molecular formula is C12H15F2NO2. The highest BCUT2D eigenvalue weighted by Gasteiger charge is 2.18. The van der Waals surface area contributed by atoms with E-state index in [2.05, 4.69) is 0 Å². The van der Waals surface area contributed by atoms with Crippen LogP contribution in [0, 0.1) is 17.6 Å². The maximum Gasteiger partial charge on any atom is 0.306 e. The van der Waals surface area contributed by atoms with Gasteiger partial charge in [-0.05, 0) is 43.5 Å². The first-order valence-corrected chi connectivity index (χ1v) is 5.41. The minimum absolute atomic E-state index is 0.187. The Morgan fingerprint density at radius 2 is 2.06 bits per heavy atom. The summed E-state index contributed by atoms with van der Waals surface area (Å²) < 4.78 is 25.6. The first kappa shape index (κ1) is 13.6. The van der Waals surface area contributed by atoms with Gasteiger partial charge in [0.25, 0.3) is 0 Å². The van der Waals surface area contributed by atoms with E-state index in [1.807, 2.05) is 0 Å². The van der Waals surface area contributed by atoms with Gasteiger partial charge in [-0.15, -0.1) is 0 Å². The first-order chi connectivity index (χ1) is 8.04. The minimum Gasteiger partial charge on any atom is -0.481 e. The molecule has 94 valence electrons. The summed E-state index contributed by atoms with van der Waals surface area (Å²) >= 11 is 0. The highest BCUT2D eigenvalue weighted by molar-refractivity contribution is 5.70. The van der Waals surface area contributed by atoms with Gasteiger partial charge >= 0.3 is 5.97 Å². The number of benzene rings is 1. The van der Waals surface area contributed by atoms with Gasteiger partial charge < -0.3 is 10.8 Å². The minimum atomic E-state index is -0.953. The van der Waals surface area contributed by atoms with Crippen LogP contribution in [0.25, 0.3) is 0 Å². The molecule has 0 radical (unpaired) electrons. The van der Waals surface area contributed by atoms with Crippen LogP contribution in [-0.4, -0.2) is 17.6 Å². The van der Waals surface area contributed by atoms with Crippen molar-refractivity contribution < 1.29 is 18.7 Å². The van der Waals surface area contributed by atoms with Crippen LogP contribution in [0.2, 0.25) is 0 Å². The zero-order chi connectivity index (χ0) is 12.8. The largest absolute Gasteiger partial charge is 0.481 e. The van der Waals surface area contributed by atoms with Gasteiger partial charge in [0.15, 0.2) is 11.6 Å². The van der Waals surface area contributed by atoms with Gasteiger partial charge in [0.2, 0.25) is 0 Å². The molecule has 0 heterocycles. The molecule has 0 aliphatic carbocycles. The molecule has 0 aliphatic rings. The van der Waals surface area contributed by atoms with E-state index in [0.29, 0.717) is 24.9 Å². The van der Waals surface area contributed by atoms with Gasteiger partial charge in [0.05, 0.1) is 5.92 Å². The van der Waals surface area contributed by atoms with E-state index in [1.165, 1.54) is 6.07 Å². The number of hydrogen-bond donors (Lipinski definition) is 2. The highest BCUT2D eigenvalue weighted by Crippen LogP contribution is 2.16. The molecule has 0 aromatic heterocycles. The zero-order valence-corrected chi connectivity index (χ0v) is 9.33. The quantitative estimate of drug-likeness (QED) is 0.802. The molecule has 1 rings (SSSR count). The van der Waals surface area contributed by atoms with E-state index in [4.69, 9.17) is 10.8 Å². The third-order valence-corrected chi connectivity index (χ3v) is 2.57. The van der Waals surface area contributed by atoms with Crippen molar-refractivity contribution in [1.82, 2.24) is 0 Å². The van der Waals surface area contributed by atoms with Gasteiger partial charge in [-0.1, -0.05) is 6.07 Å². The summed E-state index contributed by atoms with van der Waals surface area (Å²) in [6.45, 7) is 0.418. The Hall–Kier alpha value is -1.49. The van der Waals surface area contributed by atoms with Crippen LogP contribution < -0.4 is 5.73 Å². The lowest BCUT2D eigenvalue weighted by Crippen LogP contribution is -2.18. The average molecular weight is 243 g/mol. The molecule has 3 nitrogen and oxygen atoms in total. The van der Waals surface area contributed by atoms with Crippen LogP contribution in [0.1, 0.15) is 18.4 Å². The number of halogens is 2. The van der Waals surface area contributed by atoms with Crippen LogP contribution in [-0.2, 0) is 11.2 Å². The second kappa shape index (κ2) is 6.30. The molecule has 0 amide bonds. The Kier molecular flexibility index (Phi) is 5.03. The normalized spacial score (nSPS) is 12.4. The molecule has 0 aliphatic heterocycles. The molecule has 5 heteroatoms. The maximum atomic E-state index is 12.9. The second-order valence-electron chi connectivity index (χ2n) is 3.92. The van der Waals surface area contributed by atoms with E-state index in [1.54, 1.807) is 0 Å². The van der Waals surface area contributed by atoms with Crippen molar-refractivity contribution in [3.8, 4) is 0 Å². The molecule has 17 heavy (non-hydrogen) atoms. The summed E-state index contributed by atoms with van der Waals surface area (Å²) in [5.74, 6) is -3.43. The van der Waals surface area contributed by atoms with Gasteiger partial charge in [0.1, 0.15) is 0 Å². The Morgan fingerprint density at radius 3 is 2.59 bits per heavy atom. The third kappa shape index (κ3) is 4.11. The van der Waals surface area contributed by atoms with Crippen molar-refractivity contribution in [1.29, 1.82) is 0 Å². The number of rotatable bonds is 6. The van der Waals surface area contributed by atoms with Crippen molar-refractivity contribution in [2.45, 2.75) is 19.3 Å². The first-order valence-electron chi connectivity index (χ1n) is 5.41. The number of nitrogens with two attached hydrogens (primary N) is 1. The van der Waals surface area contributed by atoms with Crippen LogP contribution in [0.4, 0.5) is 8.78 Å². The zero-order valence-electron chi connectivity index (χ0n) is 9.33. The van der Waals surface area contributed by atoms with Crippen LogP contribution in [0.15, 0.2) is 18.2 Å². The van der Waals surface area contributed by atoms with Crippen LogP contribution in [0.5, 0.6) is 0 Å². The Morgan fingerprint density at radius 1 is 1.35 bits per heavy atom. The molecule has 0 bridgehead atoms. The molecule has 1 aromatic carbocycles. The summed E-state index contributed by atoms with van der Waals surface area (Å²) in [5, 5.41) is 8.98. The van der Waals surface area contributed by atoms with Gasteiger partial charge in [-0.3, -0.25) is 4.79 Å². The third-order valence-electron chi connectivity index (χ3n) is 2.57. The lowest BCUT2D eigenvalue weighted by Gasteiger charge is -2.11. The topological polar surface area (TPSA) is 63.3 Å². The SMILES string of the molecule is NCCCC(Cc1ccc(F)c(F)c1)C(=O)O. The number of aliphatic carboxylic acids is 1. The van der Waals surface area contributed by atoms with E-state index >= 15 is 0 Å². The van der Waals surface area contributed by atoms with E-state index in [0.717, 1.165) is 12.1 Å². The summed E-state index contributed by atoms with van der Waals surface area (Å²) in [6.07, 6.45) is 1.22. The number of carboxylic acids is 1. The molecule has 0 spiro atoms.